The third-order valence-electron chi connectivity index (χ3n) is 3.61. The van der Waals surface area contributed by atoms with Crippen LogP contribution in [-0.2, 0) is 4.79 Å². The molecule has 4 nitrogen and oxygen atoms in total. The molecule has 0 radical (unpaired) electrons. The minimum Gasteiger partial charge on any atom is -0.298 e. The quantitative estimate of drug-likeness (QED) is 0.850. The number of aryl methyl sites for hydroxylation is 1. The van der Waals surface area contributed by atoms with Crippen molar-refractivity contribution < 1.29 is 4.79 Å². The van der Waals surface area contributed by atoms with E-state index in [4.69, 9.17) is 0 Å². The van der Waals surface area contributed by atoms with Crippen LogP contribution in [-0.4, -0.2) is 40.1 Å². The summed E-state index contributed by atoms with van der Waals surface area (Å²) in [7, 11) is 0. The maximum absolute atomic E-state index is 11.8. The van der Waals surface area contributed by atoms with Crippen molar-refractivity contribution in [3.63, 3.8) is 0 Å². The summed E-state index contributed by atoms with van der Waals surface area (Å²) in [5.74, 6) is 0.477. The lowest BCUT2D eigenvalue weighted by Gasteiger charge is -2.32. The van der Waals surface area contributed by atoms with E-state index in [9.17, 15) is 4.79 Å². The molecular weight excluding hydrogens is 250 g/mol. The summed E-state index contributed by atoms with van der Waals surface area (Å²) in [4.78, 5) is 14.1. The van der Waals surface area contributed by atoms with Crippen LogP contribution in [0, 0.1) is 12.8 Å². The molecule has 1 aromatic heterocycles. The second kappa shape index (κ2) is 8.20. The number of aromatic nitrogens is 2. The summed E-state index contributed by atoms with van der Waals surface area (Å²) >= 11 is 0. The van der Waals surface area contributed by atoms with Crippen molar-refractivity contribution >= 4 is 5.78 Å². The van der Waals surface area contributed by atoms with Crippen molar-refractivity contribution in [2.75, 3.05) is 19.6 Å². The molecule has 1 fully saturated rings. The largest absolute Gasteiger partial charge is 0.298 e. The molecule has 0 amide bonds. The Labute approximate surface area is 123 Å². The van der Waals surface area contributed by atoms with Crippen LogP contribution >= 0.6 is 0 Å². The van der Waals surface area contributed by atoms with E-state index in [1.54, 1.807) is 0 Å². The van der Waals surface area contributed by atoms with Gasteiger partial charge in [-0.25, -0.2) is 0 Å². The standard InChI is InChI=1S/C14H23N3O.C2H6/c1-11(2)14(18)10-16-6-4-5-13(9-16)17-8-12(3)7-15-17;1-2/h7-8,11,13H,4-6,9-10H2,1-3H3;1-2H3. The van der Waals surface area contributed by atoms with Crippen LogP contribution < -0.4 is 0 Å². The zero-order chi connectivity index (χ0) is 15.1. The first-order valence-electron chi connectivity index (χ1n) is 7.82. The van der Waals surface area contributed by atoms with Gasteiger partial charge < -0.3 is 0 Å². The van der Waals surface area contributed by atoms with E-state index in [1.807, 2.05) is 33.9 Å². The molecule has 1 aromatic rings. The van der Waals surface area contributed by atoms with Gasteiger partial charge in [-0.3, -0.25) is 14.4 Å². The summed E-state index contributed by atoms with van der Waals surface area (Å²) in [6.07, 6.45) is 6.30. The third kappa shape index (κ3) is 4.75. The molecule has 0 aromatic carbocycles. The van der Waals surface area contributed by atoms with Gasteiger partial charge in [-0.05, 0) is 31.9 Å². The SMILES string of the molecule is CC.Cc1cnn(C2CCCN(CC(=O)C(C)C)C2)c1. The number of Topliss-reactive ketones (excluding diaryl/α,β-unsaturated/α-hetero) is 1. The summed E-state index contributed by atoms with van der Waals surface area (Å²) in [5.41, 5.74) is 1.20. The number of ketones is 1. The van der Waals surface area contributed by atoms with Crippen LogP contribution in [0.1, 0.15) is 52.1 Å². The topological polar surface area (TPSA) is 38.1 Å². The number of nitrogens with zero attached hydrogens (tertiary/aromatic N) is 3. The monoisotopic (exact) mass is 279 g/mol. The minimum absolute atomic E-state index is 0.136. The van der Waals surface area contributed by atoms with Crippen molar-refractivity contribution in [1.29, 1.82) is 0 Å². The molecule has 1 unspecified atom stereocenters. The van der Waals surface area contributed by atoms with Crippen molar-refractivity contribution in [1.82, 2.24) is 14.7 Å². The Morgan fingerprint density at radius 3 is 2.70 bits per heavy atom. The molecule has 4 heteroatoms. The molecule has 1 saturated heterocycles. The molecular formula is C16H29N3O. The Morgan fingerprint density at radius 1 is 1.45 bits per heavy atom. The van der Waals surface area contributed by atoms with Gasteiger partial charge in [0.25, 0.3) is 0 Å². The Bertz CT molecular complexity index is 412. The van der Waals surface area contributed by atoms with E-state index in [2.05, 4.69) is 27.8 Å². The molecule has 0 aliphatic carbocycles. The van der Waals surface area contributed by atoms with E-state index in [0.717, 1.165) is 25.9 Å². The fraction of sp³-hybridized carbons (Fsp3) is 0.750. The molecule has 0 spiro atoms. The van der Waals surface area contributed by atoms with E-state index in [0.29, 0.717) is 18.4 Å². The van der Waals surface area contributed by atoms with Gasteiger partial charge in [0.15, 0.2) is 0 Å². The van der Waals surface area contributed by atoms with Crippen LogP contribution in [0.2, 0.25) is 0 Å². The molecule has 1 atom stereocenters. The molecule has 0 bridgehead atoms. The van der Waals surface area contributed by atoms with Crippen LogP contribution in [0.4, 0.5) is 0 Å². The maximum Gasteiger partial charge on any atom is 0.149 e. The Morgan fingerprint density at radius 2 is 2.15 bits per heavy atom. The van der Waals surface area contributed by atoms with Gasteiger partial charge in [-0.15, -0.1) is 0 Å². The number of likely N-dealkylation sites (tertiary alicyclic amines) is 1. The van der Waals surface area contributed by atoms with Gasteiger partial charge in [0.2, 0.25) is 0 Å². The highest BCUT2D eigenvalue weighted by atomic mass is 16.1. The molecule has 2 rings (SSSR count). The molecule has 1 aliphatic heterocycles. The summed E-state index contributed by atoms with van der Waals surface area (Å²) in [5, 5.41) is 4.39. The lowest BCUT2D eigenvalue weighted by Crippen LogP contribution is -2.40. The highest BCUT2D eigenvalue weighted by Gasteiger charge is 2.23. The van der Waals surface area contributed by atoms with Crippen molar-refractivity contribution in [2.45, 2.75) is 53.5 Å². The smallest absolute Gasteiger partial charge is 0.149 e. The fourth-order valence-corrected chi connectivity index (χ4v) is 2.43. The first-order chi connectivity index (χ1) is 9.56. The zero-order valence-electron chi connectivity index (χ0n) is 13.6. The van der Waals surface area contributed by atoms with E-state index < -0.39 is 0 Å². The second-order valence-corrected chi connectivity index (χ2v) is 5.65. The van der Waals surface area contributed by atoms with Gasteiger partial charge in [0.05, 0.1) is 18.8 Å². The molecule has 0 N–H and O–H groups in total. The predicted molar refractivity (Wildman–Crippen MR) is 82.9 cm³/mol. The minimum atomic E-state index is 0.136. The Kier molecular flexibility index (Phi) is 6.93. The van der Waals surface area contributed by atoms with Gasteiger partial charge in [-0.2, -0.15) is 5.10 Å². The average Bonchev–Trinajstić information content (AvgIpc) is 2.88. The van der Waals surface area contributed by atoms with E-state index in [1.165, 1.54) is 5.56 Å². The summed E-state index contributed by atoms with van der Waals surface area (Å²) in [6, 6.07) is 0.424. The Balaban J connectivity index is 0.000000956. The van der Waals surface area contributed by atoms with Crippen molar-refractivity contribution in [3.8, 4) is 0 Å². The van der Waals surface area contributed by atoms with Crippen molar-refractivity contribution in [2.24, 2.45) is 5.92 Å². The molecule has 20 heavy (non-hydrogen) atoms. The third-order valence-corrected chi connectivity index (χ3v) is 3.61. The number of carbonyl (C=O) groups is 1. The summed E-state index contributed by atoms with van der Waals surface area (Å²) in [6.45, 7) is 12.6. The lowest BCUT2D eigenvalue weighted by atomic mass is 10.0. The number of hydrogen-bond donors (Lipinski definition) is 0. The highest BCUT2D eigenvalue weighted by Crippen LogP contribution is 2.21. The second-order valence-electron chi connectivity index (χ2n) is 5.65. The van der Waals surface area contributed by atoms with Crippen LogP contribution in [0.3, 0.4) is 0 Å². The Hall–Kier alpha value is -1.16. The van der Waals surface area contributed by atoms with E-state index >= 15 is 0 Å². The van der Waals surface area contributed by atoms with Crippen molar-refractivity contribution in [3.05, 3.63) is 18.0 Å². The molecule has 0 saturated carbocycles. The fourth-order valence-electron chi connectivity index (χ4n) is 2.43. The van der Waals surface area contributed by atoms with E-state index in [-0.39, 0.29) is 5.92 Å². The zero-order valence-corrected chi connectivity index (χ0v) is 13.6. The summed E-state index contributed by atoms with van der Waals surface area (Å²) < 4.78 is 2.06. The maximum atomic E-state index is 11.8. The van der Waals surface area contributed by atoms with Gasteiger partial charge in [0, 0.05) is 18.7 Å². The number of carbonyl (C=O) groups excluding carboxylic acids is 1. The van der Waals surface area contributed by atoms with Gasteiger partial charge in [0.1, 0.15) is 5.78 Å². The van der Waals surface area contributed by atoms with Gasteiger partial charge in [-0.1, -0.05) is 27.7 Å². The first-order valence-corrected chi connectivity index (χ1v) is 7.82. The molecule has 2 heterocycles. The number of piperidine rings is 1. The lowest BCUT2D eigenvalue weighted by molar-refractivity contribution is -0.123. The molecule has 114 valence electrons. The number of rotatable bonds is 4. The predicted octanol–water partition coefficient (Wildman–Crippen LogP) is 3.08. The number of hydrogen-bond acceptors (Lipinski definition) is 3. The average molecular weight is 279 g/mol. The van der Waals surface area contributed by atoms with Gasteiger partial charge >= 0.3 is 0 Å². The van der Waals surface area contributed by atoms with Crippen LogP contribution in [0.25, 0.3) is 0 Å². The normalized spacial score (nSPS) is 19.6. The first kappa shape index (κ1) is 16.9. The van der Waals surface area contributed by atoms with Crippen LogP contribution in [0.5, 0.6) is 0 Å². The molecule has 1 aliphatic rings. The van der Waals surface area contributed by atoms with Crippen LogP contribution in [0.15, 0.2) is 12.4 Å². The highest BCUT2D eigenvalue weighted by molar-refractivity contribution is 5.82.